The van der Waals surface area contributed by atoms with Crippen LogP contribution in [-0.4, -0.2) is 18.6 Å². The number of carbonyl (C=O) groups is 1. The van der Waals surface area contributed by atoms with Crippen molar-refractivity contribution in [1.82, 2.24) is 5.32 Å². The van der Waals surface area contributed by atoms with Gasteiger partial charge in [0.05, 0.1) is 6.04 Å². The van der Waals surface area contributed by atoms with Gasteiger partial charge in [0, 0.05) is 6.92 Å². The monoisotopic (exact) mass is 144 g/mol. The Hall–Kier alpha value is -0.570. The molecule has 0 spiro atoms. The molecule has 0 heterocycles. The van der Waals surface area contributed by atoms with Gasteiger partial charge in [0.15, 0.2) is 0 Å². The SMILES string of the molecule is CC(=O)NC(C[O])C(C)C. The van der Waals surface area contributed by atoms with Crippen LogP contribution in [0.25, 0.3) is 0 Å². The molecule has 1 N–H and O–H groups in total. The van der Waals surface area contributed by atoms with Crippen LogP contribution in [0.15, 0.2) is 0 Å². The molecule has 1 amide bonds. The van der Waals surface area contributed by atoms with Crippen molar-refractivity contribution in [3.63, 3.8) is 0 Å². The van der Waals surface area contributed by atoms with Crippen LogP contribution in [0, 0.1) is 5.92 Å². The number of rotatable bonds is 3. The molecular weight excluding hydrogens is 130 g/mol. The maximum atomic E-state index is 10.5. The molecule has 1 atom stereocenters. The number of hydrogen-bond donors (Lipinski definition) is 1. The second-order valence-electron chi connectivity index (χ2n) is 2.72. The summed E-state index contributed by atoms with van der Waals surface area (Å²) in [5.74, 6) is 0.0935. The Morgan fingerprint density at radius 1 is 1.50 bits per heavy atom. The molecule has 3 heteroatoms. The van der Waals surface area contributed by atoms with E-state index in [-0.39, 0.29) is 24.5 Å². The number of nitrogens with one attached hydrogen (secondary N) is 1. The predicted molar refractivity (Wildman–Crippen MR) is 38.0 cm³/mol. The lowest BCUT2D eigenvalue weighted by Gasteiger charge is -2.17. The molecule has 59 valence electrons. The first-order chi connectivity index (χ1) is 4.57. The van der Waals surface area contributed by atoms with E-state index in [1.165, 1.54) is 6.92 Å². The average molecular weight is 144 g/mol. The fourth-order valence-electron chi connectivity index (χ4n) is 0.662. The third kappa shape index (κ3) is 3.45. The standard InChI is InChI=1S/C7H14NO2/c1-5(2)7(4-9)8-6(3)10/h5,7H,4H2,1-3H3,(H,8,10). The van der Waals surface area contributed by atoms with Gasteiger partial charge < -0.3 is 5.32 Å². The molecule has 0 aromatic heterocycles. The zero-order chi connectivity index (χ0) is 8.15. The summed E-state index contributed by atoms with van der Waals surface area (Å²) in [6.07, 6.45) is 0. The highest BCUT2D eigenvalue weighted by Crippen LogP contribution is 1.99. The third-order valence-electron chi connectivity index (χ3n) is 1.37. The van der Waals surface area contributed by atoms with E-state index >= 15 is 0 Å². The summed E-state index contributed by atoms with van der Waals surface area (Å²) in [6.45, 7) is 5.01. The zero-order valence-electron chi connectivity index (χ0n) is 6.68. The van der Waals surface area contributed by atoms with E-state index in [1.807, 2.05) is 13.8 Å². The van der Waals surface area contributed by atoms with Gasteiger partial charge in [0.25, 0.3) is 0 Å². The molecule has 0 aromatic carbocycles. The lowest BCUT2D eigenvalue weighted by atomic mass is 10.1. The van der Waals surface area contributed by atoms with Gasteiger partial charge in [-0.2, -0.15) is 0 Å². The van der Waals surface area contributed by atoms with E-state index in [1.54, 1.807) is 0 Å². The fourth-order valence-corrected chi connectivity index (χ4v) is 0.662. The average Bonchev–Trinajstić information content (AvgIpc) is 1.81. The van der Waals surface area contributed by atoms with E-state index in [0.29, 0.717) is 0 Å². The predicted octanol–water partition coefficient (Wildman–Crippen LogP) is 0.578. The Morgan fingerprint density at radius 2 is 2.00 bits per heavy atom. The van der Waals surface area contributed by atoms with Gasteiger partial charge in [0.1, 0.15) is 6.61 Å². The van der Waals surface area contributed by atoms with Gasteiger partial charge in [-0.1, -0.05) is 13.8 Å². The second-order valence-corrected chi connectivity index (χ2v) is 2.72. The first-order valence-corrected chi connectivity index (χ1v) is 3.43. The summed E-state index contributed by atoms with van der Waals surface area (Å²) in [4.78, 5) is 10.5. The summed E-state index contributed by atoms with van der Waals surface area (Å²) < 4.78 is 0. The summed E-state index contributed by atoms with van der Waals surface area (Å²) in [6, 6.07) is -0.211. The molecule has 0 aliphatic rings. The second kappa shape index (κ2) is 4.28. The van der Waals surface area contributed by atoms with Gasteiger partial charge in [-0.05, 0) is 5.92 Å². The van der Waals surface area contributed by atoms with Crippen LogP contribution in [-0.2, 0) is 9.90 Å². The minimum absolute atomic E-state index is 0.130. The molecular formula is C7H14NO2. The summed E-state index contributed by atoms with van der Waals surface area (Å²) >= 11 is 0. The largest absolute Gasteiger partial charge is 0.351 e. The van der Waals surface area contributed by atoms with Gasteiger partial charge in [0.2, 0.25) is 5.91 Å². The number of carbonyl (C=O) groups excluding carboxylic acids is 1. The van der Waals surface area contributed by atoms with Crippen LogP contribution in [0.3, 0.4) is 0 Å². The highest BCUT2D eigenvalue weighted by atomic mass is 16.3. The van der Waals surface area contributed by atoms with Crippen molar-refractivity contribution in [2.24, 2.45) is 5.92 Å². The molecule has 0 aliphatic heterocycles. The summed E-state index contributed by atoms with van der Waals surface area (Å²) in [5, 5.41) is 13.0. The fraction of sp³-hybridized carbons (Fsp3) is 0.857. The molecule has 0 aliphatic carbocycles. The summed E-state index contributed by atoms with van der Waals surface area (Å²) in [5.41, 5.74) is 0. The maximum Gasteiger partial charge on any atom is 0.217 e. The zero-order valence-corrected chi connectivity index (χ0v) is 6.68. The van der Waals surface area contributed by atoms with Crippen molar-refractivity contribution < 1.29 is 9.90 Å². The van der Waals surface area contributed by atoms with E-state index in [0.717, 1.165) is 0 Å². The Balaban J connectivity index is 3.71. The number of amides is 1. The van der Waals surface area contributed by atoms with Gasteiger partial charge in [-0.25, -0.2) is 5.11 Å². The van der Waals surface area contributed by atoms with Crippen molar-refractivity contribution >= 4 is 5.91 Å². The third-order valence-corrected chi connectivity index (χ3v) is 1.37. The molecule has 10 heavy (non-hydrogen) atoms. The Kier molecular flexibility index (Phi) is 4.03. The van der Waals surface area contributed by atoms with E-state index in [2.05, 4.69) is 5.32 Å². The Morgan fingerprint density at radius 3 is 2.10 bits per heavy atom. The van der Waals surface area contributed by atoms with Gasteiger partial charge >= 0.3 is 0 Å². The molecule has 1 radical (unpaired) electrons. The summed E-state index contributed by atoms with van der Waals surface area (Å²) in [7, 11) is 0. The topological polar surface area (TPSA) is 49.0 Å². The minimum atomic E-state index is -0.239. The van der Waals surface area contributed by atoms with Crippen LogP contribution in [0.5, 0.6) is 0 Å². The molecule has 0 saturated heterocycles. The molecule has 0 aromatic rings. The van der Waals surface area contributed by atoms with Crippen LogP contribution in [0.4, 0.5) is 0 Å². The lowest BCUT2D eigenvalue weighted by molar-refractivity contribution is -0.120. The molecule has 3 nitrogen and oxygen atoms in total. The van der Waals surface area contributed by atoms with E-state index in [9.17, 15) is 9.90 Å². The Labute approximate surface area is 61.4 Å². The quantitative estimate of drug-likeness (QED) is 0.618. The van der Waals surface area contributed by atoms with E-state index < -0.39 is 0 Å². The lowest BCUT2D eigenvalue weighted by Crippen LogP contribution is -2.39. The highest BCUT2D eigenvalue weighted by molar-refractivity contribution is 5.73. The van der Waals surface area contributed by atoms with Crippen molar-refractivity contribution in [3.8, 4) is 0 Å². The van der Waals surface area contributed by atoms with Gasteiger partial charge in [-0.15, -0.1) is 0 Å². The van der Waals surface area contributed by atoms with Crippen molar-refractivity contribution in [2.75, 3.05) is 6.61 Å². The first-order valence-electron chi connectivity index (χ1n) is 3.43. The van der Waals surface area contributed by atoms with Crippen molar-refractivity contribution in [3.05, 3.63) is 0 Å². The highest BCUT2D eigenvalue weighted by Gasteiger charge is 2.12. The molecule has 0 bridgehead atoms. The molecule has 0 rings (SSSR count). The Bertz CT molecular complexity index is 112. The minimum Gasteiger partial charge on any atom is -0.351 e. The van der Waals surface area contributed by atoms with Crippen molar-refractivity contribution in [2.45, 2.75) is 26.8 Å². The van der Waals surface area contributed by atoms with E-state index in [4.69, 9.17) is 0 Å². The van der Waals surface area contributed by atoms with Crippen molar-refractivity contribution in [1.29, 1.82) is 0 Å². The van der Waals surface area contributed by atoms with Gasteiger partial charge in [-0.3, -0.25) is 4.79 Å². The maximum absolute atomic E-state index is 10.5. The smallest absolute Gasteiger partial charge is 0.217 e. The molecule has 0 fully saturated rings. The van der Waals surface area contributed by atoms with Crippen LogP contribution in [0.1, 0.15) is 20.8 Å². The van der Waals surface area contributed by atoms with Crippen LogP contribution >= 0.6 is 0 Å². The molecule has 1 unspecified atom stereocenters. The van der Waals surface area contributed by atoms with Crippen LogP contribution < -0.4 is 5.32 Å². The first kappa shape index (κ1) is 9.43. The van der Waals surface area contributed by atoms with Crippen LogP contribution in [0.2, 0.25) is 0 Å². The number of hydrogen-bond acceptors (Lipinski definition) is 1. The molecule has 0 saturated carbocycles. The normalized spacial score (nSPS) is 13.3.